The second-order valence-corrected chi connectivity index (χ2v) is 21.5. The Kier molecular flexibility index (Phi) is 13.2. The van der Waals surface area contributed by atoms with Crippen LogP contribution in [0.3, 0.4) is 0 Å². The van der Waals surface area contributed by atoms with E-state index in [2.05, 4.69) is 24.6 Å². The molecule has 2 aromatic carbocycles. The fourth-order valence-electron chi connectivity index (χ4n) is 4.54. The van der Waals surface area contributed by atoms with Gasteiger partial charge in [-0.05, 0) is 71.9 Å². The van der Waals surface area contributed by atoms with Gasteiger partial charge in [0.05, 0.1) is 23.2 Å². The molecule has 1 heterocycles. The minimum Gasteiger partial charge on any atom is -0.465 e. The van der Waals surface area contributed by atoms with Crippen LogP contribution in [0.1, 0.15) is 63.2 Å². The molecule has 51 heavy (non-hydrogen) atoms. The molecule has 3 amide bonds. The van der Waals surface area contributed by atoms with Crippen molar-refractivity contribution < 1.29 is 38.1 Å². The molecule has 0 radical (unpaired) electrons. The van der Waals surface area contributed by atoms with Crippen LogP contribution in [-0.2, 0) is 22.7 Å². The molecule has 0 atom stereocenters. The van der Waals surface area contributed by atoms with Crippen molar-refractivity contribution in [2.75, 3.05) is 11.5 Å². The van der Waals surface area contributed by atoms with Gasteiger partial charge >= 0.3 is 12.2 Å². The predicted octanol–water partition coefficient (Wildman–Crippen LogP) is 9.82. The summed E-state index contributed by atoms with van der Waals surface area (Å²) in [6, 6.07) is 9.32. The van der Waals surface area contributed by atoms with Gasteiger partial charge in [-0.1, -0.05) is 60.5 Å². The number of nitrogens with zero attached hydrogens (tertiary/aromatic N) is 5. The molecule has 0 aliphatic carbocycles. The number of imide groups is 1. The zero-order valence-electron chi connectivity index (χ0n) is 29.9. The Morgan fingerprint density at radius 3 is 2.25 bits per heavy atom. The number of halogens is 4. The van der Waals surface area contributed by atoms with Crippen molar-refractivity contribution in [3.8, 4) is 17.6 Å². The van der Waals surface area contributed by atoms with Crippen molar-refractivity contribution in [3.05, 3.63) is 68.2 Å². The van der Waals surface area contributed by atoms with E-state index in [-0.39, 0.29) is 46.2 Å². The number of carbonyl (C=O) groups is 3. The summed E-state index contributed by atoms with van der Waals surface area (Å²) in [6.45, 7) is 15.3. The molecule has 1 aromatic heterocycles. The number of ether oxygens (including phenoxy) is 3. The van der Waals surface area contributed by atoms with Crippen molar-refractivity contribution in [3.63, 3.8) is 0 Å². The lowest BCUT2D eigenvalue weighted by Crippen LogP contribution is -2.47. The summed E-state index contributed by atoms with van der Waals surface area (Å²) < 4.78 is 34.5. The molecule has 17 heteroatoms. The summed E-state index contributed by atoms with van der Waals surface area (Å²) in [7, 11) is -1.55. The molecular formula is C34H41Cl3FN5O7Si. The lowest BCUT2D eigenvalue weighted by atomic mass is 10.1. The predicted molar refractivity (Wildman–Crippen MR) is 195 cm³/mol. The summed E-state index contributed by atoms with van der Waals surface area (Å²) >= 11 is 19.0. The zero-order valence-corrected chi connectivity index (χ0v) is 33.1. The van der Waals surface area contributed by atoms with Gasteiger partial charge in [0.1, 0.15) is 23.8 Å². The summed E-state index contributed by atoms with van der Waals surface area (Å²) in [4.78, 5) is 46.4. The highest BCUT2D eigenvalue weighted by Gasteiger charge is 2.38. The van der Waals surface area contributed by atoms with Gasteiger partial charge in [0.15, 0.2) is 16.7 Å². The fourth-order valence-corrected chi connectivity index (χ4v) is 5.97. The molecule has 1 N–H and O–H groups in total. The summed E-state index contributed by atoms with van der Waals surface area (Å²) in [5.74, 6) is -2.78. The number of anilines is 1. The van der Waals surface area contributed by atoms with E-state index in [1.807, 2.05) is 6.07 Å². The topological polar surface area (TPSA) is 147 Å². The minimum absolute atomic E-state index is 0.0104. The van der Waals surface area contributed by atoms with E-state index in [9.17, 15) is 24.8 Å². The van der Waals surface area contributed by atoms with Crippen molar-refractivity contribution in [2.45, 2.75) is 91.6 Å². The summed E-state index contributed by atoms with van der Waals surface area (Å²) in [5, 5.41) is 19.1. The molecule has 0 aliphatic rings. The van der Waals surface area contributed by atoms with E-state index >= 15 is 4.39 Å². The maximum absolute atomic E-state index is 16.2. The van der Waals surface area contributed by atoms with E-state index in [1.54, 1.807) is 41.5 Å². The van der Waals surface area contributed by atoms with E-state index < -0.39 is 66.3 Å². The van der Waals surface area contributed by atoms with Crippen molar-refractivity contribution >= 4 is 66.9 Å². The number of imidazole rings is 1. The Labute approximate surface area is 312 Å². The molecule has 0 bridgehead atoms. The SMILES string of the molecule is CC(C)(C)OC(=O)N(Cc1ccc(Cl)c(Oc2cc(Cl)cc(C#N)c2)c1F)C(=O)c1c(Cl)nc(N(C(=O)O)C(C)(C)C)n1COCC[Si](C)(C)C. The van der Waals surface area contributed by atoms with E-state index in [4.69, 9.17) is 49.0 Å². The van der Waals surface area contributed by atoms with Crippen molar-refractivity contribution in [1.82, 2.24) is 14.5 Å². The van der Waals surface area contributed by atoms with Crippen LogP contribution in [0.2, 0.25) is 40.9 Å². The number of rotatable bonds is 11. The number of carboxylic acid groups (broad SMARTS) is 1. The quantitative estimate of drug-likeness (QED) is 0.148. The number of nitriles is 1. The molecule has 3 rings (SSSR count). The minimum atomic E-state index is -1.55. The van der Waals surface area contributed by atoms with E-state index in [0.717, 1.165) is 10.9 Å². The van der Waals surface area contributed by atoms with Crippen LogP contribution < -0.4 is 9.64 Å². The average Bonchev–Trinajstić information content (AvgIpc) is 3.28. The fraction of sp³-hybridized carbons (Fsp3) is 0.441. The number of hydrogen-bond acceptors (Lipinski definition) is 8. The lowest BCUT2D eigenvalue weighted by molar-refractivity contribution is 0.0214. The van der Waals surface area contributed by atoms with E-state index in [1.165, 1.54) is 34.9 Å². The van der Waals surface area contributed by atoms with Crippen molar-refractivity contribution in [1.29, 1.82) is 5.26 Å². The molecular weight excluding hydrogens is 744 g/mol. The molecule has 0 saturated heterocycles. The van der Waals surface area contributed by atoms with Crippen LogP contribution in [0.5, 0.6) is 11.5 Å². The van der Waals surface area contributed by atoms with Gasteiger partial charge in [0, 0.05) is 30.8 Å². The normalized spacial score (nSPS) is 11.9. The Hall–Kier alpha value is -3.87. The molecule has 0 unspecified atom stereocenters. The average molecular weight is 785 g/mol. The van der Waals surface area contributed by atoms with Gasteiger partial charge in [0.25, 0.3) is 5.91 Å². The molecule has 0 aliphatic heterocycles. The summed E-state index contributed by atoms with van der Waals surface area (Å²) in [6.07, 6.45) is -2.54. The molecule has 12 nitrogen and oxygen atoms in total. The van der Waals surface area contributed by atoms with Gasteiger partial charge < -0.3 is 19.3 Å². The Morgan fingerprint density at radius 2 is 1.71 bits per heavy atom. The van der Waals surface area contributed by atoms with Gasteiger partial charge in [-0.3, -0.25) is 9.36 Å². The van der Waals surface area contributed by atoms with Crippen LogP contribution in [0.25, 0.3) is 0 Å². The standard InChI is InChI=1S/C34H41Cl3FN5O7Si/c1-33(2,3)43(31(45)46)30-40-28(37)26(42(30)19-48-12-13-51(7,8)9)29(44)41(32(47)50-34(4,5)6)18-21-10-11-24(36)27(25(21)38)49-23-15-20(17-39)14-22(35)16-23/h10-11,14-16H,12-13,18-19H2,1-9H3,(H,45,46). The van der Waals surface area contributed by atoms with Gasteiger partial charge in [0.2, 0.25) is 5.95 Å². The first-order chi connectivity index (χ1) is 23.4. The lowest BCUT2D eigenvalue weighted by Gasteiger charge is -2.32. The maximum Gasteiger partial charge on any atom is 0.417 e. The molecule has 0 fully saturated rings. The number of aromatic nitrogens is 2. The summed E-state index contributed by atoms with van der Waals surface area (Å²) in [5.41, 5.74) is -2.60. The number of amides is 3. The Morgan fingerprint density at radius 1 is 1.06 bits per heavy atom. The third-order valence-corrected chi connectivity index (χ3v) is 9.41. The zero-order chi connectivity index (χ0) is 38.6. The first kappa shape index (κ1) is 41.5. The Balaban J connectivity index is 2.18. The van der Waals surface area contributed by atoms with Crippen LogP contribution in [0, 0.1) is 17.1 Å². The second kappa shape index (κ2) is 16.2. The molecule has 0 saturated carbocycles. The molecule has 0 spiro atoms. The first-order valence-corrected chi connectivity index (χ1v) is 20.5. The highest BCUT2D eigenvalue weighted by Crippen LogP contribution is 2.37. The maximum atomic E-state index is 16.2. The Bertz CT molecular complexity index is 1850. The van der Waals surface area contributed by atoms with Crippen LogP contribution >= 0.6 is 34.8 Å². The van der Waals surface area contributed by atoms with Gasteiger partial charge in [-0.2, -0.15) is 10.2 Å². The van der Waals surface area contributed by atoms with Gasteiger partial charge in [-0.25, -0.2) is 23.8 Å². The van der Waals surface area contributed by atoms with Crippen molar-refractivity contribution in [2.24, 2.45) is 0 Å². The first-order valence-electron chi connectivity index (χ1n) is 15.7. The van der Waals surface area contributed by atoms with E-state index in [0.29, 0.717) is 4.90 Å². The highest BCUT2D eigenvalue weighted by atomic mass is 35.5. The largest absolute Gasteiger partial charge is 0.465 e. The third kappa shape index (κ3) is 11.1. The number of benzene rings is 2. The second-order valence-electron chi connectivity index (χ2n) is 14.7. The number of carbonyl (C=O) groups excluding carboxylic acids is 2. The third-order valence-electron chi connectivity index (χ3n) is 6.92. The monoisotopic (exact) mass is 783 g/mol. The highest BCUT2D eigenvalue weighted by molar-refractivity contribution is 6.76. The molecule has 3 aromatic rings. The van der Waals surface area contributed by atoms with Gasteiger partial charge in [-0.15, -0.1) is 0 Å². The number of hydrogen-bond donors (Lipinski definition) is 1. The van der Waals surface area contributed by atoms with Crippen LogP contribution in [-0.4, -0.2) is 63.5 Å². The smallest absolute Gasteiger partial charge is 0.417 e. The van der Waals surface area contributed by atoms with Crippen LogP contribution in [0.15, 0.2) is 30.3 Å². The molecule has 276 valence electrons. The van der Waals surface area contributed by atoms with Crippen LogP contribution in [0.4, 0.5) is 19.9 Å².